The second-order valence-electron chi connectivity index (χ2n) is 8.30. The van der Waals surface area contributed by atoms with Crippen LogP contribution >= 0.6 is 15.9 Å². The number of anilines is 2. The molecule has 3 heterocycles. The number of rotatable bonds is 6. The number of likely N-dealkylation sites (tertiary alicyclic amines) is 1. The number of ether oxygens (including phenoxy) is 1. The van der Waals surface area contributed by atoms with Crippen molar-refractivity contribution in [3.63, 3.8) is 0 Å². The summed E-state index contributed by atoms with van der Waals surface area (Å²) in [4.78, 5) is 26.6. The first-order valence-electron chi connectivity index (χ1n) is 11.4. The normalized spacial score (nSPS) is 17.3. The minimum absolute atomic E-state index is 0.0722. The van der Waals surface area contributed by atoms with E-state index >= 15 is 0 Å². The van der Waals surface area contributed by atoms with Gasteiger partial charge >= 0.3 is 6.03 Å². The highest BCUT2D eigenvalue weighted by Gasteiger charge is 2.26. The second-order valence-corrected chi connectivity index (χ2v) is 9.11. The highest BCUT2D eigenvalue weighted by molar-refractivity contribution is 9.10. The van der Waals surface area contributed by atoms with Crippen LogP contribution in [0, 0.1) is 0 Å². The molecule has 2 aromatic rings. The molecule has 172 valence electrons. The van der Waals surface area contributed by atoms with Crippen LogP contribution in [0.3, 0.4) is 0 Å². The fourth-order valence-corrected chi connectivity index (χ4v) is 4.79. The summed E-state index contributed by atoms with van der Waals surface area (Å²) < 4.78 is 6.28. The monoisotopic (exact) mass is 500 g/mol. The third-order valence-corrected chi connectivity index (χ3v) is 6.71. The van der Waals surface area contributed by atoms with Crippen LogP contribution in [0.2, 0.25) is 0 Å². The minimum Gasteiger partial charge on any atom is -0.495 e. The maximum atomic E-state index is 13.3. The molecule has 0 aliphatic carbocycles. The Hall–Kier alpha value is -2.32. The summed E-state index contributed by atoms with van der Waals surface area (Å²) in [5, 5.41) is 0. The van der Waals surface area contributed by atoms with E-state index in [1.54, 1.807) is 7.11 Å². The fraction of sp³-hybridized carbons (Fsp3) is 0.500. The SMILES string of the molecule is COc1ccccc1N1CCN(CCN(c2cccc(Br)n2)[11C](=O)N2CCCCC2)CC1. The van der Waals surface area contributed by atoms with Gasteiger partial charge in [-0.25, -0.2) is 9.78 Å². The van der Waals surface area contributed by atoms with Gasteiger partial charge < -0.3 is 14.5 Å². The van der Waals surface area contributed by atoms with Crippen molar-refractivity contribution >= 4 is 33.5 Å². The van der Waals surface area contributed by atoms with Crippen LogP contribution in [-0.4, -0.2) is 80.3 Å². The molecule has 2 saturated heterocycles. The van der Waals surface area contributed by atoms with Crippen molar-refractivity contribution in [3.05, 3.63) is 47.1 Å². The highest BCUT2D eigenvalue weighted by atomic mass is 79.9. The number of urea groups is 1. The van der Waals surface area contributed by atoms with Crippen molar-refractivity contribution in [3.8, 4) is 5.75 Å². The number of para-hydroxylation sites is 2. The summed E-state index contributed by atoms with van der Waals surface area (Å²) in [7, 11) is 1.72. The molecule has 8 heteroatoms. The van der Waals surface area contributed by atoms with Gasteiger partial charge in [-0.05, 0) is 59.5 Å². The lowest BCUT2D eigenvalue weighted by molar-refractivity contribution is 0.190. The van der Waals surface area contributed by atoms with E-state index in [4.69, 9.17) is 4.74 Å². The first kappa shape index (κ1) is 22.9. The van der Waals surface area contributed by atoms with Crippen molar-refractivity contribution in [1.82, 2.24) is 14.8 Å². The van der Waals surface area contributed by atoms with E-state index in [0.717, 1.165) is 74.7 Å². The molecule has 1 aromatic heterocycles. The van der Waals surface area contributed by atoms with E-state index in [9.17, 15) is 4.79 Å². The van der Waals surface area contributed by atoms with Crippen LogP contribution < -0.4 is 14.5 Å². The molecule has 1 aromatic carbocycles. The third kappa shape index (κ3) is 5.53. The number of carbonyl (C=O) groups excluding carboxylic acids is 1. The number of benzene rings is 1. The zero-order valence-electron chi connectivity index (χ0n) is 18.8. The summed E-state index contributed by atoms with van der Waals surface area (Å²) >= 11 is 3.45. The summed E-state index contributed by atoms with van der Waals surface area (Å²) in [6.45, 7) is 6.92. The van der Waals surface area contributed by atoms with Crippen molar-refractivity contribution in [1.29, 1.82) is 0 Å². The zero-order chi connectivity index (χ0) is 22.3. The molecule has 7 nitrogen and oxygen atoms in total. The number of methoxy groups -OCH3 is 1. The smallest absolute Gasteiger partial charge is 0.325 e. The maximum absolute atomic E-state index is 13.3. The first-order valence-corrected chi connectivity index (χ1v) is 12.2. The van der Waals surface area contributed by atoms with Crippen LogP contribution in [-0.2, 0) is 0 Å². The van der Waals surface area contributed by atoms with Crippen molar-refractivity contribution in [2.24, 2.45) is 0 Å². The molecule has 0 atom stereocenters. The molecule has 4 rings (SSSR count). The Balaban J connectivity index is 1.38. The van der Waals surface area contributed by atoms with Gasteiger partial charge in [0.25, 0.3) is 0 Å². The number of amides is 2. The zero-order valence-corrected chi connectivity index (χ0v) is 20.3. The largest absolute Gasteiger partial charge is 0.495 e. The van der Waals surface area contributed by atoms with E-state index in [1.807, 2.05) is 40.1 Å². The van der Waals surface area contributed by atoms with Crippen LogP contribution in [0.25, 0.3) is 0 Å². The van der Waals surface area contributed by atoms with Gasteiger partial charge in [0.1, 0.15) is 16.2 Å². The standard InChI is InChI=1S/C24H32BrN5O2/c1-32-21-9-4-3-8-20(21)28-17-14-27(15-18-28)16-19-30(23-11-7-10-22(25)26-23)24(31)29-12-5-2-6-13-29/h3-4,7-11H,2,5-6,12-19H2,1H3/i24-1. The molecular weight excluding hydrogens is 469 g/mol. The van der Waals surface area contributed by atoms with Crippen LogP contribution in [0.15, 0.2) is 47.1 Å². The Morgan fingerprint density at radius 1 is 1.00 bits per heavy atom. The Labute approximate surface area is 199 Å². The Kier molecular flexibility index (Phi) is 7.86. The number of aromatic nitrogens is 1. The maximum Gasteiger partial charge on any atom is 0.325 e. The van der Waals surface area contributed by atoms with Crippen LogP contribution in [0.5, 0.6) is 5.75 Å². The number of halogens is 1. The summed E-state index contributed by atoms with van der Waals surface area (Å²) in [5.74, 6) is 1.63. The molecule has 0 N–H and O–H groups in total. The number of nitrogens with zero attached hydrogens (tertiary/aromatic N) is 5. The van der Waals surface area contributed by atoms with Gasteiger partial charge in [-0.2, -0.15) is 0 Å². The summed E-state index contributed by atoms with van der Waals surface area (Å²) in [6, 6.07) is 14.0. The van der Waals surface area contributed by atoms with E-state index in [-0.39, 0.29) is 6.03 Å². The molecule has 32 heavy (non-hydrogen) atoms. The Morgan fingerprint density at radius 2 is 1.75 bits per heavy atom. The molecule has 0 radical (unpaired) electrons. The topological polar surface area (TPSA) is 52.2 Å². The molecule has 0 unspecified atom stereocenters. The lowest BCUT2D eigenvalue weighted by atomic mass is 10.0. The van der Waals surface area contributed by atoms with E-state index in [0.29, 0.717) is 12.4 Å². The average Bonchev–Trinajstić information content (AvgIpc) is 2.85. The quantitative estimate of drug-likeness (QED) is 0.559. The molecule has 0 saturated carbocycles. The molecular formula is C24H32BrN5O2. The molecule has 2 fully saturated rings. The number of piperidine rings is 1. The van der Waals surface area contributed by atoms with Gasteiger partial charge in [0, 0.05) is 52.4 Å². The number of carbonyl (C=O) groups is 1. The summed E-state index contributed by atoms with van der Waals surface area (Å²) in [5.41, 5.74) is 1.15. The van der Waals surface area contributed by atoms with Gasteiger partial charge in [0.05, 0.1) is 12.8 Å². The van der Waals surface area contributed by atoms with Crippen LogP contribution in [0.1, 0.15) is 19.3 Å². The number of pyridine rings is 1. The predicted molar refractivity (Wildman–Crippen MR) is 132 cm³/mol. The van der Waals surface area contributed by atoms with Gasteiger partial charge in [0.2, 0.25) is 0 Å². The molecule has 2 aliphatic heterocycles. The number of hydrogen-bond donors (Lipinski definition) is 0. The third-order valence-electron chi connectivity index (χ3n) is 6.27. The van der Waals surface area contributed by atoms with E-state index < -0.39 is 0 Å². The van der Waals surface area contributed by atoms with E-state index in [2.05, 4.69) is 42.8 Å². The lowest BCUT2D eigenvalue weighted by Crippen LogP contribution is -2.51. The van der Waals surface area contributed by atoms with Gasteiger partial charge in [-0.15, -0.1) is 0 Å². The molecule has 0 bridgehead atoms. The first-order chi connectivity index (χ1) is 15.7. The molecule has 0 spiro atoms. The van der Waals surface area contributed by atoms with Gasteiger partial charge in [-0.3, -0.25) is 9.80 Å². The van der Waals surface area contributed by atoms with Crippen molar-refractivity contribution < 1.29 is 9.53 Å². The molecule has 2 aliphatic rings. The number of piperazine rings is 1. The van der Waals surface area contributed by atoms with Gasteiger partial charge in [-0.1, -0.05) is 18.2 Å². The predicted octanol–water partition coefficient (Wildman–Crippen LogP) is 4.09. The van der Waals surface area contributed by atoms with Crippen molar-refractivity contribution in [2.45, 2.75) is 19.3 Å². The Morgan fingerprint density at radius 3 is 2.47 bits per heavy atom. The minimum atomic E-state index is 0.0722. The summed E-state index contributed by atoms with van der Waals surface area (Å²) in [6.07, 6.45) is 3.36. The average molecular weight is 501 g/mol. The lowest BCUT2D eigenvalue weighted by Gasteiger charge is -2.38. The molecule has 2 amide bonds. The fourth-order valence-electron chi connectivity index (χ4n) is 4.46. The number of hydrogen-bond acceptors (Lipinski definition) is 5. The van der Waals surface area contributed by atoms with Crippen molar-refractivity contribution in [2.75, 3.05) is 69.3 Å². The second kappa shape index (κ2) is 11.0. The van der Waals surface area contributed by atoms with E-state index in [1.165, 1.54) is 6.42 Å². The Bertz CT molecular complexity index is 897. The van der Waals surface area contributed by atoms with Gasteiger partial charge in [0.15, 0.2) is 0 Å². The highest BCUT2D eigenvalue weighted by Crippen LogP contribution is 2.28. The van der Waals surface area contributed by atoms with Crippen LogP contribution in [0.4, 0.5) is 16.3 Å².